The summed E-state index contributed by atoms with van der Waals surface area (Å²) in [5.74, 6) is -1.09. The summed E-state index contributed by atoms with van der Waals surface area (Å²) in [5.41, 5.74) is 1.83. The van der Waals surface area contributed by atoms with E-state index < -0.39 is 5.92 Å². The number of carbonyl (C=O) groups excluding carboxylic acids is 2. The topological polar surface area (TPSA) is 78.4 Å². The highest BCUT2D eigenvalue weighted by Crippen LogP contribution is 2.23. The maximum Gasteiger partial charge on any atom is 0.234 e. The summed E-state index contributed by atoms with van der Waals surface area (Å²) in [4.78, 5) is 24.6. The number of para-hydroxylation sites is 1. The second-order valence-corrected chi connectivity index (χ2v) is 7.50. The van der Waals surface area contributed by atoms with Gasteiger partial charge in [-0.15, -0.1) is 0 Å². The van der Waals surface area contributed by atoms with Gasteiger partial charge in [-0.05, 0) is 35.2 Å². The minimum absolute atomic E-state index is 0.0797. The van der Waals surface area contributed by atoms with E-state index in [-0.39, 0.29) is 23.8 Å². The third-order valence-corrected chi connectivity index (χ3v) is 3.80. The Labute approximate surface area is 154 Å². The Morgan fingerprint density at radius 1 is 0.962 bits per heavy atom. The number of hydrogen-bond acceptors (Lipinski definition) is 3. The van der Waals surface area contributed by atoms with Crippen LogP contribution in [0.1, 0.15) is 38.7 Å². The Kier molecular flexibility index (Phi) is 6.52. The molecule has 26 heavy (non-hydrogen) atoms. The van der Waals surface area contributed by atoms with Gasteiger partial charge in [-0.1, -0.05) is 51.1 Å². The quantitative estimate of drug-likeness (QED) is 0.739. The van der Waals surface area contributed by atoms with Gasteiger partial charge in [-0.2, -0.15) is 0 Å². The zero-order chi connectivity index (χ0) is 19.2. The highest BCUT2D eigenvalue weighted by Gasteiger charge is 2.21. The lowest BCUT2D eigenvalue weighted by Gasteiger charge is -2.18. The van der Waals surface area contributed by atoms with Crippen molar-refractivity contribution in [3.8, 4) is 0 Å². The van der Waals surface area contributed by atoms with Gasteiger partial charge < -0.3 is 15.7 Å². The molecule has 5 heteroatoms. The lowest BCUT2D eigenvalue weighted by molar-refractivity contribution is -0.118. The molecule has 2 amide bonds. The van der Waals surface area contributed by atoms with Gasteiger partial charge in [0.15, 0.2) is 0 Å². The summed E-state index contributed by atoms with van der Waals surface area (Å²) < 4.78 is 0. The number of amides is 2. The lowest BCUT2D eigenvalue weighted by atomic mass is 9.92. The Balaban J connectivity index is 2.10. The summed E-state index contributed by atoms with van der Waals surface area (Å²) in [6, 6.07) is 16.1. The van der Waals surface area contributed by atoms with E-state index in [2.05, 4.69) is 10.6 Å². The zero-order valence-corrected chi connectivity index (χ0v) is 15.5. The molecule has 2 aromatic carbocycles. The fourth-order valence-corrected chi connectivity index (χ4v) is 2.61. The Hall–Kier alpha value is -2.66. The molecule has 5 nitrogen and oxygen atoms in total. The van der Waals surface area contributed by atoms with Crippen molar-refractivity contribution < 1.29 is 14.7 Å². The first-order valence-electron chi connectivity index (χ1n) is 8.65. The van der Waals surface area contributed by atoms with Crippen LogP contribution in [0.15, 0.2) is 54.6 Å². The molecule has 1 unspecified atom stereocenters. The van der Waals surface area contributed by atoms with E-state index in [4.69, 9.17) is 0 Å². The maximum absolute atomic E-state index is 12.5. The van der Waals surface area contributed by atoms with E-state index in [1.807, 2.05) is 39.0 Å². The lowest BCUT2D eigenvalue weighted by Crippen LogP contribution is -2.24. The molecule has 0 fully saturated rings. The van der Waals surface area contributed by atoms with Gasteiger partial charge in [0.25, 0.3) is 0 Å². The molecule has 0 heterocycles. The number of carbonyl (C=O) groups is 2. The van der Waals surface area contributed by atoms with E-state index >= 15 is 0 Å². The molecule has 0 aliphatic rings. The predicted molar refractivity (Wildman–Crippen MR) is 104 cm³/mol. The van der Waals surface area contributed by atoms with E-state index in [1.165, 1.54) is 0 Å². The van der Waals surface area contributed by atoms with Gasteiger partial charge in [0.05, 0.1) is 12.5 Å². The van der Waals surface area contributed by atoms with Gasteiger partial charge in [-0.3, -0.25) is 9.59 Å². The first-order valence-corrected chi connectivity index (χ1v) is 8.65. The van der Waals surface area contributed by atoms with Crippen molar-refractivity contribution in [3.05, 3.63) is 60.2 Å². The van der Waals surface area contributed by atoms with Gasteiger partial charge in [-0.25, -0.2) is 0 Å². The fourth-order valence-electron chi connectivity index (χ4n) is 2.61. The molecular formula is C21H26N2O3. The second-order valence-electron chi connectivity index (χ2n) is 7.50. The molecule has 0 spiro atoms. The average molecular weight is 354 g/mol. The molecule has 0 aromatic heterocycles. The number of anilines is 2. The van der Waals surface area contributed by atoms with Crippen LogP contribution in [0.2, 0.25) is 0 Å². The molecule has 2 rings (SSSR count). The van der Waals surface area contributed by atoms with Crippen LogP contribution in [-0.4, -0.2) is 23.5 Å². The van der Waals surface area contributed by atoms with Crippen LogP contribution in [0.3, 0.4) is 0 Å². The maximum atomic E-state index is 12.5. The molecule has 138 valence electrons. The van der Waals surface area contributed by atoms with Crippen LogP contribution < -0.4 is 10.6 Å². The van der Waals surface area contributed by atoms with E-state index in [1.54, 1.807) is 36.4 Å². The van der Waals surface area contributed by atoms with Crippen molar-refractivity contribution in [1.82, 2.24) is 0 Å². The van der Waals surface area contributed by atoms with E-state index in [0.29, 0.717) is 23.4 Å². The van der Waals surface area contributed by atoms with Crippen molar-refractivity contribution in [2.75, 3.05) is 17.2 Å². The number of hydrogen-bond donors (Lipinski definition) is 3. The third kappa shape index (κ3) is 6.01. The first-order chi connectivity index (χ1) is 12.3. The van der Waals surface area contributed by atoms with Crippen molar-refractivity contribution in [2.24, 2.45) is 5.41 Å². The van der Waals surface area contributed by atoms with E-state index in [9.17, 15) is 14.7 Å². The SMILES string of the molecule is CC(C)(C)CC(=O)Nc1cccc(C(CO)C(=O)Nc2ccccc2)c1. The summed E-state index contributed by atoms with van der Waals surface area (Å²) in [6.45, 7) is 5.67. The first kappa shape index (κ1) is 19.7. The fraction of sp³-hybridized carbons (Fsp3) is 0.333. The molecule has 1 atom stereocenters. The zero-order valence-electron chi connectivity index (χ0n) is 15.5. The number of rotatable bonds is 6. The standard InChI is InChI=1S/C21H26N2O3/c1-21(2,3)13-19(25)22-17-11-7-8-15(12-17)18(14-24)20(26)23-16-9-5-4-6-10-16/h4-12,18,24H,13-14H2,1-3H3,(H,22,25)(H,23,26). The van der Waals surface area contributed by atoms with Crippen LogP contribution in [0.5, 0.6) is 0 Å². The van der Waals surface area contributed by atoms with Gasteiger partial charge in [0.2, 0.25) is 11.8 Å². The minimum atomic E-state index is -0.713. The molecule has 0 aliphatic heterocycles. The molecule has 3 N–H and O–H groups in total. The number of aliphatic hydroxyl groups excluding tert-OH is 1. The third-order valence-electron chi connectivity index (χ3n) is 3.80. The van der Waals surface area contributed by atoms with E-state index in [0.717, 1.165) is 0 Å². The summed E-state index contributed by atoms with van der Waals surface area (Å²) in [7, 11) is 0. The predicted octanol–water partition coefficient (Wildman–Crippen LogP) is 3.78. The van der Waals surface area contributed by atoms with Crippen molar-refractivity contribution in [2.45, 2.75) is 33.1 Å². The molecule has 0 saturated carbocycles. The van der Waals surface area contributed by atoms with Crippen LogP contribution in [0, 0.1) is 5.41 Å². The molecule has 0 radical (unpaired) electrons. The van der Waals surface area contributed by atoms with Gasteiger partial charge >= 0.3 is 0 Å². The van der Waals surface area contributed by atoms with Crippen molar-refractivity contribution in [3.63, 3.8) is 0 Å². The molecule has 0 saturated heterocycles. The van der Waals surface area contributed by atoms with Gasteiger partial charge in [0, 0.05) is 17.8 Å². The Bertz CT molecular complexity index is 751. The number of nitrogens with one attached hydrogen (secondary N) is 2. The summed E-state index contributed by atoms with van der Waals surface area (Å²) in [5, 5.41) is 15.4. The number of aliphatic hydroxyl groups is 1. The van der Waals surface area contributed by atoms with Gasteiger partial charge in [0.1, 0.15) is 0 Å². The van der Waals surface area contributed by atoms with Crippen LogP contribution in [0.4, 0.5) is 11.4 Å². The van der Waals surface area contributed by atoms with Crippen molar-refractivity contribution >= 4 is 23.2 Å². The second kappa shape index (κ2) is 8.63. The minimum Gasteiger partial charge on any atom is -0.395 e. The monoisotopic (exact) mass is 354 g/mol. The molecule has 0 aliphatic carbocycles. The van der Waals surface area contributed by atoms with Crippen LogP contribution in [0.25, 0.3) is 0 Å². The van der Waals surface area contributed by atoms with Crippen molar-refractivity contribution in [1.29, 1.82) is 0 Å². The van der Waals surface area contributed by atoms with Crippen LogP contribution in [-0.2, 0) is 9.59 Å². The Morgan fingerprint density at radius 2 is 1.62 bits per heavy atom. The number of benzene rings is 2. The highest BCUT2D eigenvalue weighted by molar-refractivity contribution is 5.96. The smallest absolute Gasteiger partial charge is 0.234 e. The van der Waals surface area contributed by atoms with Crippen LogP contribution >= 0.6 is 0 Å². The largest absolute Gasteiger partial charge is 0.395 e. The Morgan fingerprint density at radius 3 is 2.23 bits per heavy atom. The average Bonchev–Trinajstić information content (AvgIpc) is 2.55. The molecule has 2 aromatic rings. The summed E-state index contributed by atoms with van der Waals surface area (Å²) >= 11 is 0. The highest BCUT2D eigenvalue weighted by atomic mass is 16.3. The molecular weight excluding hydrogens is 328 g/mol. The molecule has 0 bridgehead atoms. The normalized spacial score (nSPS) is 12.3. The summed E-state index contributed by atoms with van der Waals surface area (Å²) in [6.07, 6.45) is 0.398.